The van der Waals surface area contributed by atoms with Crippen molar-refractivity contribution in [3.05, 3.63) is 64.4 Å². The van der Waals surface area contributed by atoms with Crippen molar-refractivity contribution in [2.75, 3.05) is 19.0 Å². The number of benzene rings is 2. The van der Waals surface area contributed by atoms with Gasteiger partial charge in [0, 0.05) is 24.4 Å². The van der Waals surface area contributed by atoms with E-state index < -0.39 is 23.7 Å². The van der Waals surface area contributed by atoms with E-state index in [-0.39, 0.29) is 6.54 Å². The molecular weight excluding hydrogens is 347 g/mol. The first-order chi connectivity index (χ1) is 11.9. The van der Waals surface area contributed by atoms with E-state index in [1.807, 2.05) is 0 Å². The molecule has 0 bridgehead atoms. The lowest BCUT2D eigenvalue weighted by molar-refractivity contribution is -0.136. The first-order valence-corrected chi connectivity index (χ1v) is 7.92. The highest BCUT2D eigenvalue weighted by atomic mass is 35.5. The Kier molecular flexibility index (Phi) is 6.50. The third-order valence-corrected chi connectivity index (χ3v) is 3.84. The van der Waals surface area contributed by atoms with Gasteiger partial charge >= 0.3 is 11.8 Å². The Balaban J connectivity index is 1.96. The summed E-state index contributed by atoms with van der Waals surface area (Å²) in [6.45, 7) is 1.81. The molecule has 7 heteroatoms. The molecule has 0 saturated heterocycles. The van der Waals surface area contributed by atoms with Gasteiger partial charge in [-0.2, -0.15) is 0 Å². The van der Waals surface area contributed by atoms with Gasteiger partial charge in [0.05, 0.1) is 6.10 Å². The van der Waals surface area contributed by atoms with Gasteiger partial charge in [0.25, 0.3) is 0 Å². The van der Waals surface area contributed by atoms with Crippen molar-refractivity contribution >= 4 is 29.1 Å². The summed E-state index contributed by atoms with van der Waals surface area (Å²) in [5, 5.41) is 5.43. The van der Waals surface area contributed by atoms with Crippen LogP contribution in [0.25, 0.3) is 0 Å². The van der Waals surface area contributed by atoms with E-state index in [2.05, 4.69) is 10.6 Å². The van der Waals surface area contributed by atoms with E-state index in [9.17, 15) is 14.0 Å². The van der Waals surface area contributed by atoms with Crippen molar-refractivity contribution in [3.8, 4) is 0 Å². The summed E-state index contributed by atoms with van der Waals surface area (Å²) < 4.78 is 18.5. The maximum absolute atomic E-state index is 13.3. The molecule has 2 N–H and O–H groups in total. The molecule has 0 aliphatic heterocycles. The van der Waals surface area contributed by atoms with Gasteiger partial charge in [0.2, 0.25) is 0 Å². The number of methoxy groups -OCH3 is 1. The minimum Gasteiger partial charge on any atom is -0.375 e. The van der Waals surface area contributed by atoms with Crippen LogP contribution in [0.5, 0.6) is 0 Å². The summed E-state index contributed by atoms with van der Waals surface area (Å²) in [6.07, 6.45) is -0.569. The normalized spacial score (nSPS) is 11.7. The molecule has 2 rings (SSSR count). The van der Waals surface area contributed by atoms with E-state index in [0.717, 1.165) is 5.56 Å². The predicted molar refractivity (Wildman–Crippen MR) is 94.0 cm³/mol. The molecule has 0 fully saturated rings. The summed E-state index contributed by atoms with van der Waals surface area (Å²) in [5.74, 6) is -2.04. The second kappa shape index (κ2) is 8.60. The fourth-order valence-corrected chi connectivity index (χ4v) is 2.39. The minimum absolute atomic E-state index is 0.0285. The lowest BCUT2D eigenvalue weighted by Crippen LogP contribution is -2.38. The van der Waals surface area contributed by atoms with E-state index in [4.69, 9.17) is 16.3 Å². The van der Waals surface area contributed by atoms with E-state index in [0.29, 0.717) is 16.3 Å². The van der Waals surface area contributed by atoms with Crippen LogP contribution in [0.1, 0.15) is 17.2 Å². The molecule has 0 aliphatic rings. The second-order valence-corrected chi connectivity index (χ2v) is 5.84. The first kappa shape index (κ1) is 18.9. The average Bonchev–Trinajstić information content (AvgIpc) is 2.58. The highest BCUT2D eigenvalue weighted by molar-refractivity contribution is 6.40. The highest BCUT2D eigenvalue weighted by Gasteiger charge is 2.18. The second-order valence-electron chi connectivity index (χ2n) is 5.40. The highest BCUT2D eigenvalue weighted by Crippen LogP contribution is 2.20. The number of rotatable bonds is 5. The van der Waals surface area contributed by atoms with Gasteiger partial charge in [-0.25, -0.2) is 4.39 Å². The van der Waals surface area contributed by atoms with Gasteiger partial charge in [0.15, 0.2) is 0 Å². The molecule has 2 amide bonds. The van der Waals surface area contributed by atoms with Crippen LogP contribution < -0.4 is 10.6 Å². The lowest BCUT2D eigenvalue weighted by Gasteiger charge is -2.16. The molecule has 2 aromatic rings. The average molecular weight is 365 g/mol. The SMILES string of the molecule is COC(CNC(=O)C(=O)Nc1cc(Cl)ccc1C)c1cccc(F)c1. The number of nitrogens with one attached hydrogen (secondary N) is 2. The monoisotopic (exact) mass is 364 g/mol. The van der Waals surface area contributed by atoms with Gasteiger partial charge < -0.3 is 15.4 Å². The Bertz CT molecular complexity index is 783. The van der Waals surface area contributed by atoms with Gasteiger partial charge in [-0.1, -0.05) is 29.8 Å². The van der Waals surface area contributed by atoms with Gasteiger partial charge in [-0.15, -0.1) is 0 Å². The van der Waals surface area contributed by atoms with Crippen LogP contribution in [0.3, 0.4) is 0 Å². The van der Waals surface area contributed by atoms with Crippen molar-refractivity contribution < 1.29 is 18.7 Å². The zero-order chi connectivity index (χ0) is 18.4. The third kappa shape index (κ3) is 5.27. The molecule has 0 radical (unpaired) electrons. The summed E-state index contributed by atoms with van der Waals surface area (Å²) in [7, 11) is 1.44. The van der Waals surface area contributed by atoms with Crippen molar-refractivity contribution in [1.29, 1.82) is 0 Å². The number of aryl methyl sites for hydroxylation is 1. The Labute approximate surface area is 150 Å². The van der Waals surface area contributed by atoms with Crippen molar-refractivity contribution in [1.82, 2.24) is 5.32 Å². The molecule has 1 atom stereocenters. The van der Waals surface area contributed by atoms with Crippen LogP contribution in [0.4, 0.5) is 10.1 Å². The molecule has 132 valence electrons. The van der Waals surface area contributed by atoms with Crippen LogP contribution in [-0.2, 0) is 14.3 Å². The molecule has 0 aromatic heterocycles. The van der Waals surface area contributed by atoms with Gasteiger partial charge in [-0.05, 0) is 42.3 Å². The summed E-state index contributed by atoms with van der Waals surface area (Å²) in [6, 6.07) is 10.8. The maximum atomic E-state index is 13.3. The smallest absolute Gasteiger partial charge is 0.313 e. The molecule has 0 spiro atoms. The molecule has 1 unspecified atom stereocenters. The molecule has 25 heavy (non-hydrogen) atoms. The minimum atomic E-state index is -0.821. The molecule has 0 aliphatic carbocycles. The van der Waals surface area contributed by atoms with E-state index in [1.165, 1.54) is 19.2 Å². The molecule has 0 heterocycles. The number of anilines is 1. The number of carbonyl (C=O) groups excluding carboxylic acids is 2. The molecule has 5 nitrogen and oxygen atoms in total. The van der Waals surface area contributed by atoms with E-state index >= 15 is 0 Å². The Hall–Kier alpha value is -2.44. The van der Waals surface area contributed by atoms with Crippen LogP contribution >= 0.6 is 11.6 Å². The topological polar surface area (TPSA) is 67.4 Å². The summed E-state index contributed by atoms with van der Waals surface area (Å²) in [5.41, 5.74) is 1.80. The van der Waals surface area contributed by atoms with Crippen molar-refractivity contribution in [3.63, 3.8) is 0 Å². The fraction of sp³-hybridized carbons (Fsp3) is 0.222. The van der Waals surface area contributed by atoms with Crippen LogP contribution in [0.2, 0.25) is 5.02 Å². The first-order valence-electron chi connectivity index (χ1n) is 7.54. The summed E-state index contributed by atoms with van der Waals surface area (Å²) >= 11 is 5.88. The molecule has 2 aromatic carbocycles. The van der Waals surface area contributed by atoms with Crippen molar-refractivity contribution in [2.45, 2.75) is 13.0 Å². The van der Waals surface area contributed by atoms with Crippen LogP contribution in [-0.4, -0.2) is 25.5 Å². The van der Waals surface area contributed by atoms with Crippen LogP contribution in [0.15, 0.2) is 42.5 Å². The summed E-state index contributed by atoms with van der Waals surface area (Å²) in [4.78, 5) is 24.0. The van der Waals surface area contributed by atoms with Gasteiger partial charge in [-0.3, -0.25) is 9.59 Å². The molecular formula is C18H18ClFN2O3. The standard InChI is InChI=1S/C18H18ClFN2O3/c1-11-6-7-13(19)9-15(11)22-18(24)17(23)21-10-16(25-2)12-4-3-5-14(20)8-12/h3-9,16H,10H2,1-2H3,(H,21,23)(H,22,24). The largest absolute Gasteiger partial charge is 0.375 e. The third-order valence-electron chi connectivity index (χ3n) is 3.61. The van der Waals surface area contributed by atoms with Gasteiger partial charge in [0.1, 0.15) is 5.82 Å². The molecule has 0 saturated carbocycles. The maximum Gasteiger partial charge on any atom is 0.313 e. The zero-order valence-electron chi connectivity index (χ0n) is 13.8. The van der Waals surface area contributed by atoms with Crippen molar-refractivity contribution in [2.24, 2.45) is 0 Å². The number of amides is 2. The number of hydrogen-bond acceptors (Lipinski definition) is 3. The zero-order valence-corrected chi connectivity index (χ0v) is 14.6. The number of hydrogen-bond donors (Lipinski definition) is 2. The Morgan fingerprint density at radius 1 is 1.20 bits per heavy atom. The lowest BCUT2D eigenvalue weighted by atomic mass is 10.1. The Morgan fingerprint density at radius 2 is 1.96 bits per heavy atom. The number of ether oxygens (including phenoxy) is 1. The quantitative estimate of drug-likeness (QED) is 0.800. The van der Waals surface area contributed by atoms with Crippen LogP contribution in [0, 0.1) is 12.7 Å². The van der Waals surface area contributed by atoms with E-state index in [1.54, 1.807) is 37.3 Å². The fourth-order valence-electron chi connectivity index (χ4n) is 2.22. The number of carbonyl (C=O) groups is 2. The Morgan fingerprint density at radius 3 is 2.64 bits per heavy atom. The number of halogens is 2. The predicted octanol–water partition coefficient (Wildman–Crippen LogP) is 3.23.